The van der Waals surface area contributed by atoms with E-state index < -0.39 is 0 Å². The molecular formula is C21H27N3O3. The van der Waals surface area contributed by atoms with Crippen LogP contribution in [0.4, 0.5) is 10.5 Å². The molecule has 1 aliphatic rings. The average Bonchev–Trinajstić information content (AvgIpc) is 2.73. The van der Waals surface area contributed by atoms with E-state index in [4.69, 9.17) is 9.47 Å². The van der Waals surface area contributed by atoms with Crippen molar-refractivity contribution in [3.05, 3.63) is 54.1 Å². The van der Waals surface area contributed by atoms with Gasteiger partial charge >= 0.3 is 6.03 Å². The fourth-order valence-electron chi connectivity index (χ4n) is 3.37. The molecule has 1 aliphatic heterocycles. The summed E-state index contributed by atoms with van der Waals surface area (Å²) in [5.41, 5.74) is 2.00. The van der Waals surface area contributed by atoms with Crippen LogP contribution in [0.2, 0.25) is 0 Å². The van der Waals surface area contributed by atoms with E-state index in [0.717, 1.165) is 13.1 Å². The predicted octanol–water partition coefficient (Wildman–Crippen LogP) is 3.61. The molecule has 2 amide bonds. The number of ether oxygens (including phenoxy) is 2. The molecule has 0 aromatic heterocycles. The molecule has 3 rings (SSSR count). The highest BCUT2D eigenvalue weighted by Crippen LogP contribution is 2.30. The highest BCUT2D eigenvalue weighted by atomic mass is 16.5. The molecule has 27 heavy (non-hydrogen) atoms. The second-order valence-corrected chi connectivity index (χ2v) is 6.61. The third-order valence-corrected chi connectivity index (χ3v) is 5.07. The number of anilines is 1. The third-order valence-electron chi connectivity index (χ3n) is 5.07. The molecule has 144 valence electrons. The van der Waals surface area contributed by atoms with Gasteiger partial charge in [0.05, 0.1) is 14.2 Å². The van der Waals surface area contributed by atoms with E-state index in [1.807, 2.05) is 17.0 Å². The number of hydrogen-bond donors (Lipinski definition) is 1. The molecule has 1 fully saturated rings. The molecule has 1 unspecified atom stereocenters. The Morgan fingerprint density at radius 2 is 1.63 bits per heavy atom. The number of nitrogens with zero attached hydrogens (tertiary/aromatic N) is 2. The van der Waals surface area contributed by atoms with Gasteiger partial charge in [-0.15, -0.1) is 0 Å². The maximum atomic E-state index is 12.6. The Labute approximate surface area is 160 Å². The summed E-state index contributed by atoms with van der Waals surface area (Å²) < 4.78 is 10.5. The van der Waals surface area contributed by atoms with Crippen LogP contribution in [0.5, 0.6) is 11.5 Å². The van der Waals surface area contributed by atoms with Crippen molar-refractivity contribution in [2.24, 2.45) is 0 Å². The lowest BCUT2D eigenvalue weighted by Gasteiger charge is -2.38. The van der Waals surface area contributed by atoms with Crippen LogP contribution in [0.15, 0.2) is 48.5 Å². The van der Waals surface area contributed by atoms with Crippen molar-refractivity contribution < 1.29 is 14.3 Å². The van der Waals surface area contributed by atoms with E-state index >= 15 is 0 Å². The van der Waals surface area contributed by atoms with E-state index in [2.05, 4.69) is 41.4 Å². The summed E-state index contributed by atoms with van der Waals surface area (Å²) in [5.74, 6) is 1.23. The van der Waals surface area contributed by atoms with Gasteiger partial charge in [0.25, 0.3) is 0 Å². The van der Waals surface area contributed by atoms with Gasteiger partial charge in [-0.3, -0.25) is 4.90 Å². The minimum absolute atomic E-state index is 0.0887. The molecular weight excluding hydrogens is 342 g/mol. The number of amides is 2. The fourth-order valence-corrected chi connectivity index (χ4v) is 3.37. The maximum absolute atomic E-state index is 12.6. The quantitative estimate of drug-likeness (QED) is 0.875. The van der Waals surface area contributed by atoms with Crippen molar-refractivity contribution in [2.75, 3.05) is 45.7 Å². The average molecular weight is 369 g/mol. The Hall–Kier alpha value is -2.73. The highest BCUT2D eigenvalue weighted by molar-refractivity contribution is 5.89. The van der Waals surface area contributed by atoms with Crippen LogP contribution in [-0.2, 0) is 0 Å². The SMILES string of the molecule is COc1ccc(NC(=O)N2CCN(C(C)c3ccccc3)CC2)cc1OC. The van der Waals surface area contributed by atoms with Crippen molar-refractivity contribution in [2.45, 2.75) is 13.0 Å². The first kappa shape index (κ1) is 19.0. The first-order valence-electron chi connectivity index (χ1n) is 9.19. The number of carbonyl (C=O) groups excluding carboxylic acids is 1. The summed E-state index contributed by atoms with van der Waals surface area (Å²) >= 11 is 0. The van der Waals surface area contributed by atoms with Crippen LogP contribution in [0, 0.1) is 0 Å². The molecule has 1 atom stereocenters. The van der Waals surface area contributed by atoms with E-state index in [1.54, 1.807) is 26.4 Å². The minimum atomic E-state index is -0.0887. The van der Waals surface area contributed by atoms with Gasteiger partial charge in [0, 0.05) is 44.0 Å². The predicted molar refractivity (Wildman–Crippen MR) is 107 cm³/mol. The molecule has 1 saturated heterocycles. The molecule has 1 N–H and O–H groups in total. The van der Waals surface area contributed by atoms with Crippen LogP contribution in [0.3, 0.4) is 0 Å². The summed E-state index contributed by atoms with van der Waals surface area (Å²) in [6.07, 6.45) is 0. The lowest BCUT2D eigenvalue weighted by atomic mass is 10.1. The van der Waals surface area contributed by atoms with Crippen LogP contribution >= 0.6 is 0 Å². The number of carbonyl (C=O) groups is 1. The van der Waals surface area contributed by atoms with Crippen molar-refractivity contribution >= 4 is 11.7 Å². The number of nitrogens with one attached hydrogen (secondary N) is 1. The summed E-state index contributed by atoms with van der Waals surface area (Å²) in [6.45, 7) is 5.34. The Balaban J connectivity index is 1.56. The van der Waals surface area contributed by atoms with Gasteiger partial charge in [-0.25, -0.2) is 4.79 Å². The first-order chi connectivity index (χ1) is 13.1. The van der Waals surface area contributed by atoms with Crippen molar-refractivity contribution in [1.82, 2.24) is 9.80 Å². The van der Waals surface area contributed by atoms with Crippen molar-refractivity contribution in [3.8, 4) is 11.5 Å². The Morgan fingerprint density at radius 3 is 2.26 bits per heavy atom. The maximum Gasteiger partial charge on any atom is 0.321 e. The summed E-state index contributed by atoms with van der Waals surface area (Å²) in [7, 11) is 3.17. The van der Waals surface area contributed by atoms with Gasteiger partial charge < -0.3 is 19.7 Å². The molecule has 2 aromatic rings. The van der Waals surface area contributed by atoms with Gasteiger partial charge in [0.1, 0.15) is 0 Å². The first-order valence-corrected chi connectivity index (χ1v) is 9.19. The fraction of sp³-hybridized carbons (Fsp3) is 0.381. The Morgan fingerprint density at radius 1 is 0.963 bits per heavy atom. The monoisotopic (exact) mass is 369 g/mol. The second kappa shape index (κ2) is 8.77. The Bertz CT molecular complexity index is 759. The molecule has 0 aliphatic carbocycles. The zero-order valence-electron chi connectivity index (χ0n) is 16.1. The standard InChI is InChI=1S/C21H27N3O3/c1-16(17-7-5-4-6-8-17)23-11-13-24(14-12-23)21(25)22-18-9-10-19(26-2)20(15-18)27-3/h4-10,15-16H,11-14H2,1-3H3,(H,22,25). The summed E-state index contributed by atoms with van der Waals surface area (Å²) in [5, 5.41) is 2.95. The number of benzene rings is 2. The van der Waals surface area contributed by atoms with Crippen molar-refractivity contribution in [1.29, 1.82) is 0 Å². The topological polar surface area (TPSA) is 54.0 Å². The van der Waals surface area contributed by atoms with Gasteiger partial charge in [-0.2, -0.15) is 0 Å². The van der Waals surface area contributed by atoms with E-state index in [1.165, 1.54) is 5.56 Å². The molecule has 6 nitrogen and oxygen atoms in total. The third kappa shape index (κ3) is 4.52. The Kier molecular flexibility index (Phi) is 6.19. The van der Waals surface area contributed by atoms with Gasteiger partial charge in [-0.1, -0.05) is 30.3 Å². The summed E-state index contributed by atoms with van der Waals surface area (Å²) in [6, 6.07) is 16.1. The normalized spacial score (nSPS) is 15.9. The number of urea groups is 1. The highest BCUT2D eigenvalue weighted by Gasteiger charge is 2.24. The van der Waals surface area contributed by atoms with Gasteiger partial charge in [0.15, 0.2) is 11.5 Å². The summed E-state index contributed by atoms with van der Waals surface area (Å²) in [4.78, 5) is 16.9. The van der Waals surface area contributed by atoms with E-state index in [9.17, 15) is 4.79 Å². The number of rotatable bonds is 5. The molecule has 2 aromatic carbocycles. The smallest absolute Gasteiger partial charge is 0.321 e. The lowest BCUT2D eigenvalue weighted by molar-refractivity contribution is 0.119. The zero-order chi connectivity index (χ0) is 19.2. The van der Waals surface area contributed by atoms with Gasteiger partial charge in [-0.05, 0) is 24.6 Å². The largest absolute Gasteiger partial charge is 0.493 e. The molecule has 6 heteroatoms. The van der Waals surface area contributed by atoms with Crippen LogP contribution < -0.4 is 14.8 Å². The van der Waals surface area contributed by atoms with Crippen LogP contribution in [-0.4, -0.2) is 56.2 Å². The van der Waals surface area contributed by atoms with Crippen LogP contribution in [0.1, 0.15) is 18.5 Å². The lowest BCUT2D eigenvalue weighted by Crippen LogP contribution is -2.50. The molecule has 0 radical (unpaired) electrons. The minimum Gasteiger partial charge on any atom is -0.493 e. The molecule has 0 spiro atoms. The van der Waals surface area contributed by atoms with Gasteiger partial charge in [0.2, 0.25) is 0 Å². The number of piperazine rings is 1. The number of methoxy groups -OCH3 is 2. The molecule has 0 bridgehead atoms. The molecule has 0 saturated carbocycles. The number of hydrogen-bond acceptors (Lipinski definition) is 4. The zero-order valence-corrected chi connectivity index (χ0v) is 16.1. The van der Waals surface area contributed by atoms with E-state index in [0.29, 0.717) is 36.3 Å². The molecule has 1 heterocycles. The van der Waals surface area contributed by atoms with E-state index in [-0.39, 0.29) is 6.03 Å². The van der Waals surface area contributed by atoms with Crippen LogP contribution in [0.25, 0.3) is 0 Å². The second-order valence-electron chi connectivity index (χ2n) is 6.61. The van der Waals surface area contributed by atoms with Crippen molar-refractivity contribution in [3.63, 3.8) is 0 Å².